The van der Waals surface area contributed by atoms with Crippen LogP contribution in [0.2, 0.25) is 0 Å². The summed E-state index contributed by atoms with van der Waals surface area (Å²) in [5.41, 5.74) is 11.0. The summed E-state index contributed by atoms with van der Waals surface area (Å²) in [5.74, 6) is 0. The lowest BCUT2D eigenvalue weighted by atomic mass is 10.2. The zero-order chi connectivity index (χ0) is 20.6. The Morgan fingerprint density at radius 2 is 1.31 bits per heavy atom. The molecule has 0 amide bonds. The van der Waals surface area contributed by atoms with Gasteiger partial charge in [-0.05, 0) is 25.3 Å². The summed E-state index contributed by atoms with van der Waals surface area (Å²) in [6.07, 6.45) is 7.36. The zero-order valence-corrected chi connectivity index (χ0v) is 18.4. The monoisotopic (exact) mass is 422 g/mol. The second-order valence-electron chi connectivity index (χ2n) is 6.91. The Kier molecular flexibility index (Phi) is 7.38. The zero-order valence-electron chi connectivity index (χ0n) is 16.8. The molecule has 4 nitrogen and oxygen atoms in total. The van der Waals surface area contributed by atoms with Gasteiger partial charge in [0.05, 0.1) is 5.70 Å². The Balaban J connectivity index is 1.65. The second-order valence-corrected chi connectivity index (χ2v) is 7.68. The Morgan fingerprint density at radius 3 is 1.86 bits per heavy atom. The van der Waals surface area contributed by atoms with Crippen molar-refractivity contribution in [2.75, 3.05) is 14.1 Å². The van der Waals surface area contributed by atoms with Gasteiger partial charge in [-0.3, -0.25) is 15.4 Å². The quantitative estimate of drug-likeness (QED) is 0.524. The van der Waals surface area contributed by atoms with Crippen LogP contribution in [0.3, 0.4) is 0 Å². The van der Waals surface area contributed by atoms with Gasteiger partial charge >= 0.3 is 0 Å². The number of nitrogens with one attached hydrogen (secondary N) is 2. The van der Waals surface area contributed by atoms with Gasteiger partial charge in [-0.2, -0.15) is 0 Å². The minimum Gasteiger partial charge on any atom is -0.302 e. The molecule has 150 valence electrons. The molecular formula is C23H26N4S2. The van der Waals surface area contributed by atoms with E-state index in [2.05, 4.69) is 23.0 Å². The number of hydrogen-bond donors (Lipinski definition) is 2. The third kappa shape index (κ3) is 5.89. The first-order chi connectivity index (χ1) is 14.0. The molecule has 0 spiro atoms. The van der Waals surface area contributed by atoms with Gasteiger partial charge in [0.1, 0.15) is 9.98 Å². The van der Waals surface area contributed by atoms with Crippen LogP contribution in [0.5, 0.6) is 0 Å². The van der Waals surface area contributed by atoms with Gasteiger partial charge in [0.25, 0.3) is 0 Å². The van der Waals surface area contributed by atoms with Crippen LogP contribution >= 0.6 is 24.4 Å². The standard InChI is InChI=1S/C23H26N4S2/c1-26(22(28)18-11-5-3-6-12-18)24-20-15-9-10-16-21(17-20)25-27(2)23(29)19-13-7-4-8-14-19/h3-8,11-15,17,24-25H,9-10,16H2,1-2H3. The highest BCUT2D eigenvalue weighted by atomic mass is 32.1. The van der Waals surface area contributed by atoms with Gasteiger partial charge in [-0.1, -0.05) is 91.2 Å². The topological polar surface area (TPSA) is 30.5 Å². The number of thiocarbonyl (C=S) groups is 2. The predicted molar refractivity (Wildman–Crippen MR) is 128 cm³/mol. The molecule has 0 unspecified atom stereocenters. The molecule has 6 heteroatoms. The fourth-order valence-corrected chi connectivity index (χ4v) is 3.46. The molecule has 0 fully saturated rings. The average Bonchev–Trinajstić information content (AvgIpc) is 2.98. The minimum atomic E-state index is 0.751. The fraction of sp³-hybridized carbons (Fsp3) is 0.217. The molecule has 2 aromatic carbocycles. The smallest absolute Gasteiger partial charge is 0.127 e. The molecule has 0 aromatic heterocycles. The largest absolute Gasteiger partial charge is 0.302 e. The van der Waals surface area contributed by atoms with Crippen molar-refractivity contribution in [1.82, 2.24) is 20.9 Å². The maximum absolute atomic E-state index is 5.61. The second kappa shape index (κ2) is 10.2. The van der Waals surface area contributed by atoms with Crippen LogP contribution in [-0.2, 0) is 0 Å². The van der Waals surface area contributed by atoms with E-state index < -0.39 is 0 Å². The normalized spacial score (nSPS) is 13.4. The molecule has 1 aliphatic carbocycles. The first-order valence-electron chi connectivity index (χ1n) is 9.65. The molecule has 0 saturated carbocycles. The molecule has 3 rings (SSSR count). The molecule has 0 atom stereocenters. The van der Waals surface area contributed by atoms with Crippen LogP contribution in [0, 0.1) is 0 Å². The Morgan fingerprint density at radius 1 is 0.793 bits per heavy atom. The molecule has 0 radical (unpaired) electrons. The van der Waals surface area contributed by atoms with E-state index in [1.165, 1.54) is 0 Å². The van der Waals surface area contributed by atoms with E-state index in [0.29, 0.717) is 0 Å². The van der Waals surface area contributed by atoms with Crippen molar-refractivity contribution in [3.63, 3.8) is 0 Å². The lowest BCUT2D eigenvalue weighted by molar-refractivity contribution is 0.408. The lowest BCUT2D eigenvalue weighted by Gasteiger charge is -2.25. The molecule has 1 aliphatic rings. The van der Waals surface area contributed by atoms with Crippen LogP contribution in [0.15, 0.2) is 84.2 Å². The predicted octanol–water partition coefficient (Wildman–Crippen LogP) is 4.56. The summed E-state index contributed by atoms with van der Waals surface area (Å²) in [6, 6.07) is 20.0. The van der Waals surface area contributed by atoms with Gasteiger partial charge < -0.3 is 5.43 Å². The first-order valence-corrected chi connectivity index (χ1v) is 10.5. The molecule has 0 bridgehead atoms. The van der Waals surface area contributed by atoms with E-state index in [0.717, 1.165) is 51.8 Å². The summed E-state index contributed by atoms with van der Waals surface area (Å²) < 4.78 is 0. The van der Waals surface area contributed by atoms with E-state index in [4.69, 9.17) is 24.4 Å². The van der Waals surface area contributed by atoms with Crippen molar-refractivity contribution in [1.29, 1.82) is 0 Å². The molecular weight excluding hydrogens is 396 g/mol. The Labute approximate surface area is 183 Å². The highest BCUT2D eigenvalue weighted by Gasteiger charge is 2.12. The average molecular weight is 423 g/mol. The number of rotatable bonds is 6. The first kappa shape index (κ1) is 21.0. The number of allylic oxidation sites excluding steroid dienone is 3. The molecule has 0 heterocycles. The summed E-state index contributed by atoms with van der Waals surface area (Å²) >= 11 is 11.2. The van der Waals surface area contributed by atoms with E-state index >= 15 is 0 Å². The molecule has 0 saturated heterocycles. The van der Waals surface area contributed by atoms with Crippen LogP contribution in [0.25, 0.3) is 0 Å². The van der Waals surface area contributed by atoms with Crippen molar-refractivity contribution in [3.05, 3.63) is 95.3 Å². The van der Waals surface area contributed by atoms with E-state index in [1.807, 2.05) is 84.8 Å². The summed E-state index contributed by atoms with van der Waals surface area (Å²) in [4.78, 5) is 1.51. The van der Waals surface area contributed by atoms with E-state index in [9.17, 15) is 0 Å². The minimum absolute atomic E-state index is 0.751. The van der Waals surface area contributed by atoms with Gasteiger partial charge in [0, 0.05) is 30.9 Å². The molecule has 2 aromatic rings. The van der Waals surface area contributed by atoms with Gasteiger partial charge in [-0.15, -0.1) is 0 Å². The van der Waals surface area contributed by atoms with Crippen LogP contribution in [0.1, 0.15) is 30.4 Å². The lowest BCUT2D eigenvalue weighted by Crippen LogP contribution is -2.40. The maximum atomic E-state index is 5.61. The van der Waals surface area contributed by atoms with Crippen molar-refractivity contribution in [2.45, 2.75) is 19.3 Å². The van der Waals surface area contributed by atoms with Gasteiger partial charge in [-0.25, -0.2) is 0 Å². The third-order valence-corrected chi connectivity index (χ3v) is 5.62. The van der Waals surface area contributed by atoms with Gasteiger partial charge in [0.15, 0.2) is 0 Å². The van der Waals surface area contributed by atoms with Crippen molar-refractivity contribution < 1.29 is 0 Å². The highest BCUT2D eigenvalue weighted by Crippen LogP contribution is 2.16. The Hall–Kier alpha value is -2.70. The van der Waals surface area contributed by atoms with Crippen LogP contribution in [-0.4, -0.2) is 34.1 Å². The van der Waals surface area contributed by atoms with Crippen LogP contribution < -0.4 is 10.9 Å². The highest BCUT2D eigenvalue weighted by molar-refractivity contribution is 7.80. The SMILES string of the molecule is CN(NC1=CCCCC(NN(C)C(=S)c2ccccc2)=C1)C(=S)c1ccccc1. The number of benzene rings is 2. The maximum Gasteiger partial charge on any atom is 0.127 e. The molecule has 0 aliphatic heterocycles. The Bertz CT molecular complexity index is 907. The van der Waals surface area contributed by atoms with Crippen molar-refractivity contribution in [2.24, 2.45) is 0 Å². The molecule has 29 heavy (non-hydrogen) atoms. The van der Waals surface area contributed by atoms with Crippen molar-refractivity contribution >= 4 is 34.4 Å². The fourth-order valence-electron chi connectivity index (χ4n) is 3.09. The van der Waals surface area contributed by atoms with Gasteiger partial charge in [0.2, 0.25) is 0 Å². The van der Waals surface area contributed by atoms with E-state index in [1.54, 1.807) is 0 Å². The number of hydrazine groups is 2. The summed E-state index contributed by atoms with van der Waals surface area (Å²) in [6.45, 7) is 0. The van der Waals surface area contributed by atoms with Crippen LogP contribution in [0.4, 0.5) is 0 Å². The summed E-state index contributed by atoms with van der Waals surface area (Å²) in [7, 11) is 3.90. The number of hydrogen-bond acceptors (Lipinski definition) is 4. The van der Waals surface area contributed by atoms with Crippen molar-refractivity contribution in [3.8, 4) is 0 Å². The third-order valence-electron chi connectivity index (χ3n) is 4.60. The number of nitrogens with zero attached hydrogens (tertiary/aromatic N) is 2. The summed E-state index contributed by atoms with van der Waals surface area (Å²) in [5, 5.41) is 3.78. The van der Waals surface area contributed by atoms with E-state index in [-0.39, 0.29) is 0 Å². The molecule has 2 N–H and O–H groups in total.